The van der Waals surface area contributed by atoms with E-state index in [0.29, 0.717) is 25.9 Å². The molecular formula is C17H34N2O3. The van der Waals surface area contributed by atoms with E-state index in [4.69, 9.17) is 4.74 Å². The standard InChI is InChI=1S/C17H34N2O3/c1-8-11-22-13(12-15(21)19-17(5,6)7)9-10-14(20)18-16(2,3)4/h13H,8-12H2,1-7H3,(H,18,20)(H,19,21)/t13-/m1/s1. The summed E-state index contributed by atoms with van der Waals surface area (Å²) in [5, 5.41) is 5.86. The minimum absolute atomic E-state index is 0.00571. The van der Waals surface area contributed by atoms with Gasteiger partial charge in [-0.1, -0.05) is 6.92 Å². The maximum atomic E-state index is 12.0. The third-order valence-electron chi connectivity index (χ3n) is 2.69. The van der Waals surface area contributed by atoms with Crippen LogP contribution in [0.4, 0.5) is 0 Å². The quantitative estimate of drug-likeness (QED) is 0.724. The summed E-state index contributed by atoms with van der Waals surface area (Å²) in [4.78, 5) is 23.9. The van der Waals surface area contributed by atoms with Crippen molar-refractivity contribution in [1.82, 2.24) is 10.6 Å². The van der Waals surface area contributed by atoms with Gasteiger partial charge in [0.1, 0.15) is 0 Å². The van der Waals surface area contributed by atoms with E-state index in [1.165, 1.54) is 0 Å². The molecule has 0 aromatic heterocycles. The molecule has 5 nitrogen and oxygen atoms in total. The molecule has 0 aromatic carbocycles. The molecule has 2 N–H and O–H groups in total. The van der Waals surface area contributed by atoms with E-state index in [1.54, 1.807) is 0 Å². The molecular weight excluding hydrogens is 280 g/mol. The first-order chi connectivity index (χ1) is 9.93. The lowest BCUT2D eigenvalue weighted by Crippen LogP contribution is -2.43. The number of carbonyl (C=O) groups excluding carboxylic acids is 2. The topological polar surface area (TPSA) is 67.4 Å². The largest absolute Gasteiger partial charge is 0.378 e. The molecule has 0 heterocycles. The van der Waals surface area contributed by atoms with Crippen LogP contribution in [0.3, 0.4) is 0 Å². The van der Waals surface area contributed by atoms with Crippen molar-refractivity contribution in [3.8, 4) is 0 Å². The van der Waals surface area contributed by atoms with Crippen LogP contribution in [-0.2, 0) is 14.3 Å². The second kappa shape index (κ2) is 9.13. The lowest BCUT2D eigenvalue weighted by molar-refractivity contribution is -0.127. The normalized spacial score (nSPS) is 13.6. The molecule has 0 aromatic rings. The molecule has 0 saturated carbocycles. The van der Waals surface area contributed by atoms with Crippen LogP contribution in [0.15, 0.2) is 0 Å². The zero-order valence-electron chi connectivity index (χ0n) is 15.3. The fourth-order valence-corrected chi connectivity index (χ4v) is 1.98. The third-order valence-corrected chi connectivity index (χ3v) is 2.69. The highest BCUT2D eigenvalue weighted by Crippen LogP contribution is 2.11. The maximum Gasteiger partial charge on any atom is 0.223 e. The van der Waals surface area contributed by atoms with Crippen molar-refractivity contribution in [1.29, 1.82) is 0 Å². The molecule has 0 spiro atoms. The molecule has 0 rings (SSSR count). The Bertz CT molecular complexity index is 354. The molecule has 0 aliphatic carbocycles. The Hall–Kier alpha value is -1.10. The second-order valence-corrected chi connectivity index (χ2v) is 7.83. The summed E-state index contributed by atoms with van der Waals surface area (Å²) in [7, 11) is 0. The van der Waals surface area contributed by atoms with Crippen LogP contribution in [0.5, 0.6) is 0 Å². The Balaban J connectivity index is 4.39. The molecule has 0 radical (unpaired) electrons. The van der Waals surface area contributed by atoms with Gasteiger partial charge in [-0.25, -0.2) is 0 Å². The van der Waals surface area contributed by atoms with E-state index in [2.05, 4.69) is 10.6 Å². The average Bonchev–Trinajstić information content (AvgIpc) is 2.28. The molecule has 22 heavy (non-hydrogen) atoms. The van der Waals surface area contributed by atoms with Gasteiger partial charge in [0, 0.05) is 24.1 Å². The highest BCUT2D eigenvalue weighted by molar-refractivity contribution is 5.78. The van der Waals surface area contributed by atoms with Crippen LogP contribution in [0.25, 0.3) is 0 Å². The van der Waals surface area contributed by atoms with Gasteiger partial charge < -0.3 is 15.4 Å². The summed E-state index contributed by atoms with van der Waals surface area (Å²) in [6.45, 7) is 14.3. The lowest BCUT2D eigenvalue weighted by Gasteiger charge is -2.24. The zero-order chi connectivity index (χ0) is 17.4. The summed E-state index contributed by atoms with van der Waals surface area (Å²) in [5.74, 6) is -0.0429. The highest BCUT2D eigenvalue weighted by atomic mass is 16.5. The number of hydrogen-bond acceptors (Lipinski definition) is 3. The van der Waals surface area contributed by atoms with E-state index in [0.717, 1.165) is 6.42 Å². The van der Waals surface area contributed by atoms with E-state index >= 15 is 0 Å². The summed E-state index contributed by atoms with van der Waals surface area (Å²) in [5.41, 5.74) is -0.490. The highest BCUT2D eigenvalue weighted by Gasteiger charge is 2.21. The van der Waals surface area contributed by atoms with Crippen LogP contribution in [-0.4, -0.2) is 35.6 Å². The Morgan fingerprint density at radius 3 is 1.91 bits per heavy atom. The molecule has 0 aliphatic heterocycles. The lowest BCUT2D eigenvalue weighted by atomic mass is 10.1. The van der Waals surface area contributed by atoms with Gasteiger partial charge in [-0.2, -0.15) is 0 Å². The number of ether oxygens (including phenoxy) is 1. The smallest absolute Gasteiger partial charge is 0.223 e. The molecule has 0 saturated heterocycles. The Labute approximate surface area is 135 Å². The minimum Gasteiger partial charge on any atom is -0.378 e. The van der Waals surface area contributed by atoms with E-state index in [-0.39, 0.29) is 29.0 Å². The fourth-order valence-electron chi connectivity index (χ4n) is 1.98. The first-order valence-electron chi connectivity index (χ1n) is 8.16. The van der Waals surface area contributed by atoms with Gasteiger partial charge in [0.15, 0.2) is 0 Å². The summed E-state index contributed by atoms with van der Waals surface area (Å²) >= 11 is 0. The van der Waals surface area contributed by atoms with Gasteiger partial charge in [0.2, 0.25) is 11.8 Å². The van der Waals surface area contributed by atoms with Gasteiger partial charge in [-0.05, 0) is 54.4 Å². The fraction of sp³-hybridized carbons (Fsp3) is 0.882. The molecule has 0 aliphatic rings. The number of nitrogens with one attached hydrogen (secondary N) is 2. The molecule has 0 bridgehead atoms. The van der Waals surface area contributed by atoms with E-state index in [1.807, 2.05) is 48.5 Å². The number of hydrogen-bond donors (Lipinski definition) is 2. The van der Waals surface area contributed by atoms with Gasteiger partial charge in [-0.3, -0.25) is 9.59 Å². The van der Waals surface area contributed by atoms with Crippen LogP contribution in [0.1, 0.15) is 74.1 Å². The van der Waals surface area contributed by atoms with E-state index < -0.39 is 0 Å². The van der Waals surface area contributed by atoms with Gasteiger partial charge in [-0.15, -0.1) is 0 Å². The third kappa shape index (κ3) is 12.6. The Morgan fingerprint density at radius 2 is 1.45 bits per heavy atom. The molecule has 0 unspecified atom stereocenters. The first kappa shape index (κ1) is 20.9. The van der Waals surface area contributed by atoms with Crippen molar-refractivity contribution >= 4 is 11.8 Å². The summed E-state index contributed by atoms with van der Waals surface area (Å²) in [6.07, 6.45) is 1.90. The number of rotatable bonds is 8. The first-order valence-corrected chi connectivity index (χ1v) is 8.16. The Morgan fingerprint density at radius 1 is 0.955 bits per heavy atom. The molecule has 5 heteroatoms. The predicted molar refractivity (Wildman–Crippen MR) is 89.7 cm³/mol. The summed E-state index contributed by atoms with van der Waals surface area (Å²) in [6, 6.07) is 0. The van der Waals surface area contributed by atoms with Crippen LogP contribution in [0.2, 0.25) is 0 Å². The van der Waals surface area contributed by atoms with Crippen LogP contribution >= 0.6 is 0 Å². The van der Waals surface area contributed by atoms with E-state index in [9.17, 15) is 9.59 Å². The Kier molecular flexibility index (Phi) is 8.68. The maximum absolute atomic E-state index is 12.0. The van der Waals surface area contributed by atoms with Crippen LogP contribution < -0.4 is 10.6 Å². The van der Waals surface area contributed by atoms with Crippen molar-refractivity contribution in [2.45, 2.75) is 91.3 Å². The van der Waals surface area contributed by atoms with Gasteiger partial charge in [0.25, 0.3) is 0 Å². The number of carbonyl (C=O) groups is 2. The van der Waals surface area contributed by atoms with Crippen molar-refractivity contribution in [2.75, 3.05) is 6.61 Å². The second-order valence-electron chi connectivity index (χ2n) is 7.83. The monoisotopic (exact) mass is 314 g/mol. The predicted octanol–water partition coefficient (Wildman–Crippen LogP) is 2.78. The number of amides is 2. The van der Waals surface area contributed by atoms with Crippen molar-refractivity contribution < 1.29 is 14.3 Å². The zero-order valence-corrected chi connectivity index (χ0v) is 15.3. The van der Waals surface area contributed by atoms with Crippen LogP contribution in [0, 0.1) is 0 Å². The van der Waals surface area contributed by atoms with Crippen molar-refractivity contribution in [3.05, 3.63) is 0 Å². The van der Waals surface area contributed by atoms with Crippen molar-refractivity contribution in [3.63, 3.8) is 0 Å². The SMILES string of the molecule is CCCO[C@H](CCC(=O)NC(C)(C)C)CC(=O)NC(C)(C)C. The average molecular weight is 314 g/mol. The molecule has 0 fully saturated rings. The van der Waals surface area contributed by atoms with Gasteiger partial charge in [0.05, 0.1) is 12.5 Å². The van der Waals surface area contributed by atoms with Gasteiger partial charge >= 0.3 is 0 Å². The molecule has 1 atom stereocenters. The summed E-state index contributed by atoms with van der Waals surface area (Å²) < 4.78 is 5.72. The minimum atomic E-state index is -0.254. The molecule has 2 amide bonds. The molecule has 130 valence electrons. The van der Waals surface area contributed by atoms with Crippen molar-refractivity contribution in [2.24, 2.45) is 0 Å².